The molecule has 0 saturated carbocycles. The lowest BCUT2D eigenvalue weighted by Gasteiger charge is -2.01. The lowest BCUT2D eigenvalue weighted by molar-refractivity contribution is 0.730. The van der Waals surface area contributed by atoms with Gasteiger partial charge in [-0.3, -0.25) is 4.98 Å². The van der Waals surface area contributed by atoms with Gasteiger partial charge in [-0.05, 0) is 35.7 Å². The lowest BCUT2D eigenvalue weighted by Crippen LogP contribution is -2.11. The fraction of sp³-hybridized carbons (Fsp3) is 0.214. The van der Waals surface area contributed by atoms with Crippen molar-refractivity contribution >= 4 is 21.7 Å². The zero-order valence-corrected chi connectivity index (χ0v) is 9.83. The van der Waals surface area contributed by atoms with Crippen molar-refractivity contribution in [1.29, 1.82) is 0 Å². The number of hydrogen-bond donors (Lipinski definition) is 2. The van der Waals surface area contributed by atoms with E-state index in [4.69, 9.17) is 0 Å². The molecule has 3 aromatic rings. The summed E-state index contributed by atoms with van der Waals surface area (Å²) in [5, 5.41) is 7.07. The average Bonchev–Trinajstić information content (AvgIpc) is 2.76. The van der Waals surface area contributed by atoms with Gasteiger partial charge in [0.25, 0.3) is 0 Å². The van der Waals surface area contributed by atoms with Gasteiger partial charge in [0.15, 0.2) is 0 Å². The van der Waals surface area contributed by atoms with E-state index in [-0.39, 0.29) is 0 Å². The Morgan fingerprint density at radius 1 is 1.29 bits per heavy atom. The Kier molecular flexibility index (Phi) is 2.53. The maximum absolute atomic E-state index is 4.15. The van der Waals surface area contributed by atoms with Gasteiger partial charge in [0.1, 0.15) is 0 Å². The summed E-state index contributed by atoms with van der Waals surface area (Å²) >= 11 is 0. The molecule has 3 heteroatoms. The predicted octanol–water partition coefficient (Wildman–Crippen LogP) is 2.83. The molecule has 0 aliphatic carbocycles. The lowest BCUT2D eigenvalue weighted by atomic mass is 10.1. The molecule has 0 amide bonds. The van der Waals surface area contributed by atoms with Crippen molar-refractivity contribution in [2.45, 2.75) is 13.5 Å². The van der Waals surface area contributed by atoms with Crippen LogP contribution in [0.2, 0.25) is 0 Å². The summed E-state index contributed by atoms with van der Waals surface area (Å²) in [5.74, 6) is 0. The highest BCUT2D eigenvalue weighted by Crippen LogP contribution is 2.24. The summed E-state index contributed by atoms with van der Waals surface area (Å²) in [4.78, 5) is 7.47. The van der Waals surface area contributed by atoms with Crippen molar-refractivity contribution in [2.75, 3.05) is 6.54 Å². The van der Waals surface area contributed by atoms with Crippen molar-refractivity contribution in [2.24, 2.45) is 0 Å². The molecule has 17 heavy (non-hydrogen) atoms. The number of fused-ring (bicyclic) bond motifs is 2. The van der Waals surface area contributed by atoms with Gasteiger partial charge >= 0.3 is 0 Å². The number of benzene rings is 1. The second kappa shape index (κ2) is 4.18. The Hall–Kier alpha value is -1.87. The van der Waals surface area contributed by atoms with Crippen molar-refractivity contribution in [1.82, 2.24) is 15.3 Å². The SMILES string of the molecule is CCNCc1c[nH]c2cc3cnccc3cc12. The van der Waals surface area contributed by atoms with Crippen LogP contribution in [0.5, 0.6) is 0 Å². The molecule has 1 aromatic carbocycles. The van der Waals surface area contributed by atoms with Crippen molar-refractivity contribution in [3.8, 4) is 0 Å². The van der Waals surface area contributed by atoms with E-state index < -0.39 is 0 Å². The van der Waals surface area contributed by atoms with E-state index in [9.17, 15) is 0 Å². The molecule has 0 spiro atoms. The zero-order chi connectivity index (χ0) is 11.7. The maximum atomic E-state index is 4.15. The molecule has 2 N–H and O–H groups in total. The standard InChI is InChI=1S/C14H15N3/c1-2-15-8-12-9-17-14-6-11-7-16-4-3-10(11)5-13(12)14/h3-7,9,15,17H,2,8H2,1H3. The third kappa shape index (κ3) is 1.78. The quantitative estimate of drug-likeness (QED) is 0.719. The van der Waals surface area contributed by atoms with E-state index in [0.717, 1.165) is 13.1 Å². The van der Waals surface area contributed by atoms with Gasteiger partial charge in [-0.15, -0.1) is 0 Å². The molecule has 3 rings (SSSR count). The molecule has 0 aliphatic rings. The first kappa shape index (κ1) is 10.3. The van der Waals surface area contributed by atoms with E-state index >= 15 is 0 Å². The monoisotopic (exact) mass is 225 g/mol. The minimum atomic E-state index is 0.910. The van der Waals surface area contributed by atoms with E-state index in [1.807, 2.05) is 12.4 Å². The number of rotatable bonds is 3. The van der Waals surface area contributed by atoms with Crippen LogP contribution in [0.4, 0.5) is 0 Å². The van der Waals surface area contributed by atoms with Crippen molar-refractivity contribution in [3.05, 3.63) is 42.4 Å². The number of pyridine rings is 1. The van der Waals surface area contributed by atoms with Gasteiger partial charge in [-0.1, -0.05) is 6.92 Å². The Balaban J connectivity index is 2.17. The van der Waals surface area contributed by atoms with E-state index in [2.05, 4.69) is 46.6 Å². The molecule has 0 bridgehead atoms. The normalized spacial score (nSPS) is 11.4. The first-order valence-corrected chi connectivity index (χ1v) is 5.93. The molecule has 0 fully saturated rings. The Morgan fingerprint density at radius 2 is 2.24 bits per heavy atom. The smallest absolute Gasteiger partial charge is 0.0464 e. The first-order chi connectivity index (χ1) is 8.38. The van der Waals surface area contributed by atoms with Crippen molar-refractivity contribution < 1.29 is 0 Å². The molecule has 0 saturated heterocycles. The van der Waals surface area contributed by atoms with Crippen LogP contribution < -0.4 is 5.32 Å². The highest BCUT2D eigenvalue weighted by atomic mass is 14.8. The summed E-state index contributed by atoms with van der Waals surface area (Å²) in [7, 11) is 0. The minimum absolute atomic E-state index is 0.910. The Bertz CT molecular complexity index is 655. The van der Waals surface area contributed by atoms with Gasteiger partial charge in [0, 0.05) is 41.4 Å². The van der Waals surface area contributed by atoms with Crippen LogP contribution in [0.15, 0.2) is 36.8 Å². The number of H-pyrrole nitrogens is 1. The maximum Gasteiger partial charge on any atom is 0.0464 e. The molecule has 2 aromatic heterocycles. The van der Waals surface area contributed by atoms with Crippen molar-refractivity contribution in [3.63, 3.8) is 0 Å². The number of nitrogens with zero attached hydrogens (tertiary/aromatic N) is 1. The van der Waals surface area contributed by atoms with Gasteiger partial charge < -0.3 is 10.3 Å². The fourth-order valence-electron chi connectivity index (χ4n) is 2.17. The fourth-order valence-corrected chi connectivity index (χ4v) is 2.17. The van der Waals surface area contributed by atoms with Crippen LogP contribution >= 0.6 is 0 Å². The summed E-state index contributed by atoms with van der Waals surface area (Å²) in [5.41, 5.74) is 2.50. The van der Waals surface area contributed by atoms with E-state index in [0.29, 0.717) is 0 Å². The third-order valence-electron chi connectivity index (χ3n) is 3.09. The molecule has 0 radical (unpaired) electrons. The van der Waals surface area contributed by atoms with E-state index in [1.54, 1.807) is 0 Å². The number of aromatic amines is 1. The predicted molar refractivity (Wildman–Crippen MR) is 71.0 cm³/mol. The largest absolute Gasteiger partial charge is 0.361 e. The molecule has 86 valence electrons. The molecule has 2 heterocycles. The third-order valence-corrected chi connectivity index (χ3v) is 3.09. The zero-order valence-electron chi connectivity index (χ0n) is 9.83. The van der Waals surface area contributed by atoms with Crippen LogP contribution in [0, 0.1) is 0 Å². The summed E-state index contributed by atoms with van der Waals surface area (Å²) < 4.78 is 0. The van der Waals surface area contributed by atoms with Crippen LogP contribution in [0.25, 0.3) is 21.7 Å². The number of nitrogens with one attached hydrogen (secondary N) is 2. The minimum Gasteiger partial charge on any atom is -0.361 e. The Morgan fingerprint density at radius 3 is 3.12 bits per heavy atom. The molecule has 0 atom stereocenters. The second-order valence-electron chi connectivity index (χ2n) is 4.21. The topological polar surface area (TPSA) is 40.7 Å². The van der Waals surface area contributed by atoms with Crippen LogP contribution in [-0.4, -0.2) is 16.5 Å². The Labute approximate surface area is 99.9 Å². The summed E-state index contributed by atoms with van der Waals surface area (Å²) in [6.45, 7) is 4.02. The molecule has 0 aliphatic heterocycles. The highest BCUT2D eigenvalue weighted by molar-refractivity contribution is 5.97. The van der Waals surface area contributed by atoms with Crippen LogP contribution in [0.1, 0.15) is 12.5 Å². The number of aromatic nitrogens is 2. The second-order valence-corrected chi connectivity index (χ2v) is 4.21. The number of hydrogen-bond acceptors (Lipinski definition) is 2. The summed E-state index contributed by atoms with van der Waals surface area (Å²) in [6, 6.07) is 6.45. The van der Waals surface area contributed by atoms with Gasteiger partial charge in [0.2, 0.25) is 0 Å². The summed E-state index contributed by atoms with van der Waals surface area (Å²) in [6.07, 6.45) is 5.82. The highest BCUT2D eigenvalue weighted by Gasteiger charge is 2.04. The van der Waals surface area contributed by atoms with Crippen LogP contribution in [0.3, 0.4) is 0 Å². The first-order valence-electron chi connectivity index (χ1n) is 5.93. The van der Waals surface area contributed by atoms with Crippen LogP contribution in [-0.2, 0) is 6.54 Å². The van der Waals surface area contributed by atoms with Gasteiger partial charge in [-0.2, -0.15) is 0 Å². The van der Waals surface area contributed by atoms with E-state index in [1.165, 1.54) is 27.2 Å². The molecule has 0 unspecified atom stereocenters. The average molecular weight is 225 g/mol. The molecule has 3 nitrogen and oxygen atoms in total. The molecular weight excluding hydrogens is 210 g/mol. The van der Waals surface area contributed by atoms with Gasteiger partial charge in [0.05, 0.1) is 0 Å². The molecular formula is C14H15N3. The van der Waals surface area contributed by atoms with Gasteiger partial charge in [-0.25, -0.2) is 0 Å².